The number of nitrogens with one attached hydrogen (secondary N) is 2. The lowest BCUT2D eigenvalue weighted by Crippen LogP contribution is -2.58. The number of fused-ring (bicyclic) bond motifs is 1. The third kappa shape index (κ3) is 8.38. The van der Waals surface area contributed by atoms with Gasteiger partial charge in [0.2, 0.25) is 0 Å². The fraction of sp³-hybridized carbons (Fsp3) is 0.796. The van der Waals surface area contributed by atoms with Crippen molar-refractivity contribution in [3.05, 3.63) is 39.9 Å². The quantitative estimate of drug-likeness (QED) is 0.0972. The third-order valence-electron chi connectivity index (χ3n) is 16.5. The Morgan fingerprint density at radius 2 is 1.21 bits per heavy atom. The van der Waals surface area contributed by atoms with Gasteiger partial charge in [-0.2, -0.15) is 0 Å². The zero-order valence-electron chi connectivity index (χ0n) is 34.6. The van der Waals surface area contributed by atoms with E-state index in [0.717, 1.165) is 78.1 Å². The fourth-order valence-corrected chi connectivity index (χ4v) is 14.6. The van der Waals surface area contributed by atoms with Gasteiger partial charge in [0, 0.05) is 23.9 Å². The Kier molecular flexibility index (Phi) is 11.9. The van der Waals surface area contributed by atoms with Crippen LogP contribution in [0.25, 0.3) is 10.9 Å². The summed E-state index contributed by atoms with van der Waals surface area (Å²) < 4.78 is 1.73. The third-order valence-corrected chi connectivity index (χ3v) is 16.5. The number of nitrogens with zero attached hydrogens (tertiary/aromatic N) is 2. The molecule has 7 nitrogen and oxygen atoms in total. The van der Waals surface area contributed by atoms with E-state index in [1.165, 1.54) is 142 Å². The summed E-state index contributed by atoms with van der Waals surface area (Å²) in [6.07, 6.45) is 32.8. The highest BCUT2D eigenvalue weighted by molar-refractivity contribution is 6.03. The molecule has 3 unspecified atom stereocenters. The molecule has 306 valence electrons. The van der Waals surface area contributed by atoms with Crippen molar-refractivity contribution < 1.29 is 9.59 Å². The molecule has 1 aromatic heterocycles. The van der Waals surface area contributed by atoms with E-state index in [-0.39, 0.29) is 23.5 Å². The molecule has 9 aliphatic carbocycles. The highest BCUT2D eigenvalue weighted by Crippen LogP contribution is 2.60. The molecule has 3 atom stereocenters. The predicted octanol–water partition coefficient (Wildman–Crippen LogP) is 9.75. The molecule has 2 aromatic rings. The van der Waals surface area contributed by atoms with Crippen molar-refractivity contribution in [2.24, 2.45) is 35.5 Å². The van der Waals surface area contributed by atoms with E-state index >= 15 is 0 Å². The maximum absolute atomic E-state index is 14.4. The monoisotopic (exact) mass is 765 g/mol. The van der Waals surface area contributed by atoms with Gasteiger partial charge in [-0.15, -0.1) is 0 Å². The highest BCUT2D eigenvalue weighted by Gasteiger charge is 2.57. The molecular weight excluding hydrogens is 693 g/mol. The van der Waals surface area contributed by atoms with Gasteiger partial charge in [0.1, 0.15) is 11.6 Å². The van der Waals surface area contributed by atoms with Crippen LogP contribution in [0, 0.1) is 35.5 Å². The molecule has 2 N–H and O–H groups in total. The molecule has 11 rings (SSSR count). The Labute approximate surface area is 336 Å². The fourth-order valence-electron chi connectivity index (χ4n) is 14.6. The molecule has 0 saturated heterocycles. The molecule has 9 saturated carbocycles. The maximum atomic E-state index is 14.4. The number of hydrogen-bond donors (Lipinski definition) is 2. The summed E-state index contributed by atoms with van der Waals surface area (Å²) in [5, 5.41) is 8.81. The lowest BCUT2D eigenvalue weighted by molar-refractivity contribution is -0.132. The number of benzene rings is 1. The van der Waals surface area contributed by atoms with Crippen LogP contribution in [0.2, 0.25) is 0 Å². The minimum atomic E-state index is -0.574. The van der Waals surface area contributed by atoms with Crippen molar-refractivity contribution in [3.8, 4) is 0 Å². The lowest BCUT2D eigenvalue weighted by atomic mass is 9.53. The molecular formula is C49H72N4O3. The first-order valence-corrected chi connectivity index (χ1v) is 23.9. The second-order valence-electron chi connectivity index (χ2n) is 20.7. The van der Waals surface area contributed by atoms with Gasteiger partial charge in [-0.3, -0.25) is 19.0 Å². The molecule has 0 aliphatic heterocycles. The summed E-state index contributed by atoms with van der Waals surface area (Å²) in [6, 6.07) is 5.55. The highest BCUT2D eigenvalue weighted by atomic mass is 16.2. The summed E-state index contributed by atoms with van der Waals surface area (Å²) >= 11 is 0. The van der Waals surface area contributed by atoms with Gasteiger partial charge >= 0.3 is 0 Å². The van der Waals surface area contributed by atoms with E-state index in [2.05, 4.69) is 22.8 Å². The number of aryl methyl sites for hydroxylation is 2. The summed E-state index contributed by atoms with van der Waals surface area (Å²) in [4.78, 5) is 45.0. The zero-order chi connectivity index (χ0) is 38.1. The van der Waals surface area contributed by atoms with Crippen LogP contribution in [-0.4, -0.2) is 45.3 Å². The van der Waals surface area contributed by atoms with E-state index in [1.54, 1.807) is 4.57 Å². The Hall–Kier alpha value is -2.38. The van der Waals surface area contributed by atoms with Crippen molar-refractivity contribution in [3.63, 3.8) is 0 Å². The zero-order valence-corrected chi connectivity index (χ0v) is 34.6. The molecule has 0 spiro atoms. The smallest absolute Gasteiger partial charge is 0.262 e. The molecule has 1 heterocycles. The van der Waals surface area contributed by atoms with Crippen molar-refractivity contribution in [1.82, 2.24) is 20.2 Å². The molecule has 7 heteroatoms. The van der Waals surface area contributed by atoms with Crippen LogP contribution in [0.15, 0.2) is 23.0 Å². The predicted molar refractivity (Wildman–Crippen MR) is 225 cm³/mol. The number of ketones is 2. The largest absolute Gasteiger partial charge is 0.311 e. The van der Waals surface area contributed by atoms with Crippen molar-refractivity contribution in [1.29, 1.82) is 0 Å². The topological polar surface area (TPSA) is 93.1 Å². The van der Waals surface area contributed by atoms with Crippen molar-refractivity contribution in [2.75, 3.05) is 13.1 Å². The van der Waals surface area contributed by atoms with E-state index in [0.29, 0.717) is 35.7 Å². The van der Waals surface area contributed by atoms with Gasteiger partial charge in [0.25, 0.3) is 5.56 Å². The minimum absolute atomic E-state index is 0.00743. The van der Waals surface area contributed by atoms with Gasteiger partial charge in [0.05, 0.1) is 23.4 Å². The van der Waals surface area contributed by atoms with Gasteiger partial charge in [-0.1, -0.05) is 63.5 Å². The maximum Gasteiger partial charge on any atom is 0.262 e. The number of carbonyl (C=O) groups is 2. The van der Waals surface area contributed by atoms with Crippen LogP contribution in [0.5, 0.6) is 0 Å². The van der Waals surface area contributed by atoms with Crippen LogP contribution in [0.4, 0.5) is 0 Å². The molecule has 8 bridgehead atoms. The summed E-state index contributed by atoms with van der Waals surface area (Å²) in [7, 11) is 0. The first-order valence-electron chi connectivity index (χ1n) is 23.9. The SMILES string of the molecule is O=C1CCC(n2c(CCCCCCCCNC34CC5CC(CC(C5)C3)C4)nc3cccc(CCCCCCCCNC45CC6CC(CC4C6)C5)c3c2=O)C(=O)C1. The average Bonchev–Trinajstić information content (AvgIpc) is 3.55. The summed E-state index contributed by atoms with van der Waals surface area (Å²) in [5.74, 6) is 6.58. The van der Waals surface area contributed by atoms with Crippen LogP contribution >= 0.6 is 0 Å². The molecule has 1 aromatic carbocycles. The standard InChI is InChI=1S/C49H72N4O3/c54-41-18-19-43(44(55)28-41)53-45(17-10-6-2-4-7-11-20-50-48-29-34-22-35(30-48)24-36(23-34)31-48)52-42-16-13-15-39(46(42)47(53)56)14-9-5-1-3-8-12-21-51-49-32-37-25-38(33-49)27-40(49)26-37/h13,15-16,34-38,40,43,50-51H,1-12,14,17-33H2. The number of aromatic nitrogens is 2. The van der Waals surface area contributed by atoms with Gasteiger partial charge in [0.15, 0.2) is 5.78 Å². The first kappa shape index (κ1) is 39.1. The van der Waals surface area contributed by atoms with E-state index in [1.807, 2.05) is 6.07 Å². The van der Waals surface area contributed by atoms with E-state index < -0.39 is 6.04 Å². The number of unbranched alkanes of at least 4 members (excludes halogenated alkanes) is 10. The van der Waals surface area contributed by atoms with Gasteiger partial charge in [-0.05, 0) is 169 Å². The lowest BCUT2D eigenvalue weighted by Gasteiger charge is -2.57. The van der Waals surface area contributed by atoms with Crippen LogP contribution in [-0.2, 0) is 22.4 Å². The normalized spacial score (nSPS) is 34.1. The summed E-state index contributed by atoms with van der Waals surface area (Å²) in [5.41, 5.74) is 2.72. The molecule has 9 fully saturated rings. The number of rotatable bonds is 21. The van der Waals surface area contributed by atoms with Crippen LogP contribution < -0.4 is 16.2 Å². The number of carbonyl (C=O) groups excluding carboxylic acids is 2. The Balaban J connectivity index is 0.735. The second-order valence-corrected chi connectivity index (χ2v) is 20.7. The number of hydrogen-bond acceptors (Lipinski definition) is 6. The molecule has 9 aliphatic rings. The van der Waals surface area contributed by atoms with E-state index in [4.69, 9.17) is 4.98 Å². The van der Waals surface area contributed by atoms with Crippen molar-refractivity contribution in [2.45, 2.75) is 197 Å². The first-order chi connectivity index (χ1) is 27.4. The Morgan fingerprint density at radius 3 is 1.86 bits per heavy atom. The molecule has 0 amide bonds. The van der Waals surface area contributed by atoms with Gasteiger partial charge < -0.3 is 10.6 Å². The van der Waals surface area contributed by atoms with Crippen molar-refractivity contribution >= 4 is 22.5 Å². The Bertz CT molecular complexity index is 1730. The molecule has 56 heavy (non-hydrogen) atoms. The van der Waals surface area contributed by atoms with Crippen LogP contribution in [0.3, 0.4) is 0 Å². The Morgan fingerprint density at radius 1 is 0.643 bits per heavy atom. The average molecular weight is 765 g/mol. The number of Topliss-reactive ketones (excluding diaryl/α,β-unsaturated/α-hetero) is 2. The minimum Gasteiger partial charge on any atom is -0.311 e. The molecule has 0 radical (unpaired) electrons. The van der Waals surface area contributed by atoms with Crippen LogP contribution in [0.1, 0.15) is 184 Å². The van der Waals surface area contributed by atoms with Gasteiger partial charge in [-0.25, -0.2) is 4.98 Å². The second kappa shape index (κ2) is 17.1. The van der Waals surface area contributed by atoms with E-state index in [9.17, 15) is 14.4 Å². The summed E-state index contributed by atoms with van der Waals surface area (Å²) in [6.45, 7) is 2.35.